The van der Waals surface area contributed by atoms with Crippen LogP contribution in [0.4, 0.5) is 0 Å². The van der Waals surface area contributed by atoms with Crippen molar-refractivity contribution in [1.29, 1.82) is 0 Å². The molecule has 1 saturated carbocycles. The van der Waals surface area contributed by atoms with Gasteiger partial charge in [-0.2, -0.15) is 0 Å². The number of aliphatic hydroxyl groups is 2. The summed E-state index contributed by atoms with van der Waals surface area (Å²) in [4.78, 5) is 52.9. The summed E-state index contributed by atoms with van der Waals surface area (Å²) in [6, 6.07) is 0. The quantitative estimate of drug-likeness (QED) is 0.392. The van der Waals surface area contributed by atoms with Crippen LogP contribution in [-0.4, -0.2) is 65.8 Å². The van der Waals surface area contributed by atoms with E-state index in [0.29, 0.717) is 12.0 Å². The summed E-state index contributed by atoms with van der Waals surface area (Å²) >= 11 is 0. The number of methoxy groups -OCH3 is 1. The largest absolute Gasteiger partial charge is 0.459 e. The Balaban J connectivity index is 1.81. The van der Waals surface area contributed by atoms with Crippen LogP contribution in [0, 0.1) is 28.1 Å². The number of allylic oxidation sites excluding steroid dienone is 1. The zero-order chi connectivity index (χ0) is 21.8. The Morgan fingerprint density at radius 3 is 2.57 bits per heavy atom. The maximum atomic E-state index is 14.1. The first-order valence-electron chi connectivity index (χ1n) is 10.3. The van der Waals surface area contributed by atoms with Crippen LogP contribution in [-0.2, 0) is 28.7 Å². The number of cyclic esters (lactones) is 1. The van der Waals surface area contributed by atoms with Gasteiger partial charge in [0.05, 0.1) is 18.1 Å². The molecule has 9 heteroatoms. The van der Waals surface area contributed by atoms with Gasteiger partial charge >= 0.3 is 5.97 Å². The molecular formula is C21H25NO8. The second-order valence-corrected chi connectivity index (χ2v) is 9.60. The number of esters is 1. The number of nitrogens with one attached hydrogen (secondary N) is 1. The first kappa shape index (κ1) is 19.8. The molecule has 9 nitrogen and oxygen atoms in total. The molecule has 5 aliphatic rings. The number of rotatable bonds is 2. The molecule has 8 atom stereocenters. The summed E-state index contributed by atoms with van der Waals surface area (Å²) in [5, 5.41) is 24.0. The third-order valence-electron chi connectivity index (χ3n) is 8.53. The van der Waals surface area contributed by atoms with Gasteiger partial charge in [-0.1, -0.05) is 13.8 Å². The SMILES string of the molecule is COCC1OC(=O)C2C(O)NC(=O)C23C(=O)C2=C(C(O)CC4(C)C(=O)CCC24)C13C. The van der Waals surface area contributed by atoms with Gasteiger partial charge < -0.3 is 25.0 Å². The van der Waals surface area contributed by atoms with E-state index in [2.05, 4.69) is 5.32 Å². The van der Waals surface area contributed by atoms with Crippen LogP contribution in [0.2, 0.25) is 0 Å². The minimum absolute atomic E-state index is 0.0170. The van der Waals surface area contributed by atoms with Crippen molar-refractivity contribution in [2.75, 3.05) is 13.7 Å². The number of ketones is 2. The molecule has 3 fully saturated rings. The van der Waals surface area contributed by atoms with Crippen LogP contribution in [0.15, 0.2) is 11.1 Å². The normalized spacial score (nSPS) is 49.4. The van der Waals surface area contributed by atoms with E-state index in [0.717, 1.165) is 0 Å². The highest BCUT2D eigenvalue weighted by Gasteiger charge is 2.82. The van der Waals surface area contributed by atoms with Gasteiger partial charge in [-0.05, 0) is 18.4 Å². The van der Waals surface area contributed by atoms with E-state index in [9.17, 15) is 29.4 Å². The number of carbonyl (C=O) groups is 4. The van der Waals surface area contributed by atoms with E-state index in [1.165, 1.54) is 7.11 Å². The smallest absolute Gasteiger partial charge is 0.315 e. The fourth-order valence-electron chi connectivity index (χ4n) is 7.16. The van der Waals surface area contributed by atoms with E-state index in [4.69, 9.17) is 9.47 Å². The highest BCUT2D eigenvalue weighted by Crippen LogP contribution is 2.70. The van der Waals surface area contributed by atoms with Crippen molar-refractivity contribution in [3.05, 3.63) is 11.1 Å². The van der Waals surface area contributed by atoms with Crippen molar-refractivity contribution in [3.63, 3.8) is 0 Å². The standard InChI is InChI=1S/C21H25NO8/c1-19-6-9(23)13-12(8(19)4-5-10(19)24)15(25)21-14(16(26)22-18(21)28)17(27)30-11(7-29-3)20(13,21)2/h8-9,11,14,16,23,26H,4-7H2,1-3H3,(H,22,28). The van der Waals surface area contributed by atoms with Crippen LogP contribution in [0.1, 0.15) is 33.1 Å². The lowest BCUT2D eigenvalue weighted by Crippen LogP contribution is -2.65. The molecule has 1 spiro atoms. The predicted octanol–water partition coefficient (Wildman–Crippen LogP) is -0.755. The molecule has 2 heterocycles. The predicted molar refractivity (Wildman–Crippen MR) is 98.4 cm³/mol. The summed E-state index contributed by atoms with van der Waals surface area (Å²) in [7, 11) is 1.41. The van der Waals surface area contributed by atoms with Crippen LogP contribution in [0.3, 0.4) is 0 Å². The van der Waals surface area contributed by atoms with Gasteiger partial charge in [-0.3, -0.25) is 19.2 Å². The fourth-order valence-corrected chi connectivity index (χ4v) is 7.16. The van der Waals surface area contributed by atoms with Gasteiger partial charge in [0.1, 0.15) is 29.4 Å². The maximum Gasteiger partial charge on any atom is 0.315 e. The molecule has 0 bridgehead atoms. The van der Waals surface area contributed by atoms with Gasteiger partial charge in [-0.15, -0.1) is 0 Å². The average Bonchev–Trinajstić information content (AvgIpc) is 3.19. The van der Waals surface area contributed by atoms with Crippen LogP contribution in [0.5, 0.6) is 0 Å². The lowest BCUT2D eigenvalue weighted by atomic mass is 9.53. The Hall–Kier alpha value is -2.10. The van der Waals surface area contributed by atoms with Crippen molar-refractivity contribution in [2.45, 2.75) is 51.5 Å². The summed E-state index contributed by atoms with van der Waals surface area (Å²) in [5.74, 6) is -4.08. The zero-order valence-corrected chi connectivity index (χ0v) is 17.1. The van der Waals surface area contributed by atoms with Gasteiger partial charge in [0.2, 0.25) is 5.91 Å². The van der Waals surface area contributed by atoms with Crippen molar-refractivity contribution in [1.82, 2.24) is 5.32 Å². The number of amides is 1. The van der Waals surface area contributed by atoms with Crippen molar-refractivity contribution >= 4 is 23.4 Å². The molecule has 3 N–H and O–H groups in total. The summed E-state index contributed by atoms with van der Waals surface area (Å²) in [5.41, 5.74) is -3.62. The number of carbonyl (C=O) groups excluding carboxylic acids is 4. The van der Waals surface area contributed by atoms with Crippen molar-refractivity contribution in [3.8, 4) is 0 Å². The number of hydrogen-bond acceptors (Lipinski definition) is 8. The van der Waals surface area contributed by atoms with E-state index in [1.54, 1.807) is 13.8 Å². The lowest BCUT2D eigenvalue weighted by Gasteiger charge is -2.51. The Bertz CT molecular complexity index is 941. The van der Waals surface area contributed by atoms with Crippen molar-refractivity contribution in [2.24, 2.45) is 28.1 Å². The first-order chi connectivity index (χ1) is 14.1. The molecule has 1 amide bonds. The molecule has 8 unspecified atom stereocenters. The number of hydrogen-bond donors (Lipinski definition) is 3. The van der Waals surface area contributed by atoms with Crippen LogP contribution in [0.25, 0.3) is 0 Å². The molecule has 2 aliphatic heterocycles. The number of Topliss-reactive ketones (excluding diaryl/α,β-unsaturated/α-hetero) is 2. The fraction of sp³-hybridized carbons (Fsp3) is 0.714. The molecule has 5 rings (SSSR count). The zero-order valence-electron chi connectivity index (χ0n) is 17.1. The van der Waals surface area contributed by atoms with Crippen LogP contribution >= 0.6 is 0 Å². The summed E-state index contributed by atoms with van der Waals surface area (Å²) in [6.45, 7) is 3.30. The highest BCUT2D eigenvalue weighted by atomic mass is 16.6. The monoisotopic (exact) mass is 419 g/mol. The summed E-state index contributed by atoms with van der Waals surface area (Å²) < 4.78 is 10.8. The van der Waals surface area contributed by atoms with Gasteiger partial charge in [0.25, 0.3) is 0 Å². The maximum absolute atomic E-state index is 14.1. The first-order valence-corrected chi connectivity index (χ1v) is 10.3. The average molecular weight is 419 g/mol. The Morgan fingerprint density at radius 2 is 1.90 bits per heavy atom. The Morgan fingerprint density at radius 1 is 1.20 bits per heavy atom. The van der Waals surface area contributed by atoms with Crippen molar-refractivity contribution < 1.29 is 38.9 Å². The van der Waals surface area contributed by atoms with E-state index >= 15 is 0 Å². The molecule has 0 aromatic rings. The second kappa shape index (κ2) is 5.77. The topological polar surface area (TPSA) is 139 Å². The third kappa shape index (κ3) is 1.82. The minimum Gasteiger partial charge on any atom is -0.459 e. The Labute approximate surface area is 172 Å². The highest BCUT2D eigenvalue weighted by molar-refractivity contribution is 6.22. The van der Waals surface area contributed by atoms with Gasteiger partial charge in [0, 0.05) is 30.4 Å². The Kier molecular flexibility index (Phi) is 3.82. The van der Waals surface area contributed by atoms with Gasteiger partial charge in [-0.25, -0.2) is 0 Å². The van der Waals surface area contributed by atoms with E-state index in [1.807, 2.05) is 0 Å². The number of ether oxygens (including phenoxy) is 2. The van der Waals surface area contributed by atoms with Crippen LogP contribution < -0.4 is 5.32 Å². The molecule has 0 aromatic heterocycles. The summed E-state index contributed by atoms with van der Waals surface area (Å²) in [6.07, 6.45) is -2.87. The molecule has 162 valence electrons. The lowest BCUT2D eigenvalue weighted by molar-refractivity contribution is -0.205. The molecule has 30 heavy (non-hydrogen) atoms. The number of fused-ring (bicyclic) bond motifs is 3. The molecule has 2 saturated heterocycles. The third-order valence-corrected chi connectivity index (χ3v) is 8.53. The van der Waals surface area contributed by atoms with E-state index < -0.39 is 64.2 Å². The molecule has 0 radical (unpaired) electrons. The number of aliphatic hydroxyl groups excluding tert-OH is 2. The minimum atomic E-state index is -1.94. The van der Waals surface area contributed by atoms with Gasteiger partial charge in [0.15, 0.2) is 5.78 Å². The molecule has 3 aliphatic carbocycles. The second-order valence-electron chi connectivity index (χ2n) is 9.60. The van der Waals surface area contributed by atoms with E-state index in [-0.39, 0.29) is 30.8 Å². The molecular weight excluding hydrogens is 394 g/mol. The molecule has 0 aromatic carbocycles.